The normalized spacial score (nSPS) is 9.71. The molecule has 0 saturated heterocycles. The van der Waals surface area contributed by atoms with Crippen molar-refractivity contribution in [1.82, 2.24) is 0 Å². The number of non-ortho nitro benzene ring substituents is 1. The van der Waals surface area contributed by atoms with Gasteiger partial charge in [-0.15, -0.1) is 11.6 Å². The summed E-state index contributed by atoms with van der Waals surface area (Å²) >= 11 is 5.29. The molecule has 0 aliphatic carbocycles. The van der Waals surface area contributed by atoms with Gasteiger partial charge in [0.05, 0.1) is 10.8 Å². The number of nitro benzene ring substituents is 1. The molecule has 0 unspecified atom stereocenters. The second-order valence-electron chi connectivity index (χ2n) is 2.96. The van der Waals surface area contributed by atoms with Crippen LogP contribution in [0.25, 0.3) is 0 Å². The van der Waals surface area contributed by atoms with E-state index in [1.807, 2.05) is 0 Å². The predicted octanol–water partition coefficient (Wildman–Crippen LogP) is 1.56. The molecule has 0 fully saturated rings. The van der Waals surface area contributed by atoms with E-state index in [1.54, 1.807) is 0 Å². The van der Waals surface area contributed by atoms with Gasteiger partial charge >= 0.3 is 5.97 Å². The molecular formula is C10H8ClNO5. The molecule has 0 N–H and O–H groups in total. The molecule has 17 heavy (non-hydrogen) atoms. The van der Waals surface area contributed by atoms with Crippen molar-refractivity contribution in [3.05, 3.63) is 39.9 Å². The van der Waals surface area contributed by atoms with E-state index in [4.69, 9.17) is 11.6 Å². The molecule has 6 nitrogen and oxygen atoms in total. The van der Waals surface area contributed by atoms with Crippen LogP contribution in [0, 0.1) is 10.1 Å². The summed E-state index contributed by atoms with van der Waals surface area (Å²) in [7, 11) is 0. The molecule has 0 radical (unpaired) electrons. The zero-order valence-corrected chi connectivity index (χ0v) is 9.35. The van der Waals surface area contributed by atoms with Crippen molar-refractivity contribution in [3.63, 3.8) is 0 Å². The maximum Gasteiger partial charge on any atom is 0.379 e. The Morgan fingerprint density at radius 1 is 1.41 bits per heavy atom. The molecule has 90 valence electrons. The third-order valence-corrected chi connectivity index (χ3v) is 1.97. The first-order valence-electron chi connectivity index (χ1n) is 4.58. The fourth-order valence-corrected chi connectivity index (χ4v) is 1.15. The number of carbonyl (C=O) groups excluding carboxylic acids is 2. The molecule has 1 aromatic rings. The molecule has 0 aromatic heterocycles. The van der Waals surface area contributed by atoms with Crippen LogP contribution in [-0.4, -0.2) is 29.2 Å². The van der Waals surface area contributed by atoms with Crippen LogP contribution in [0.2, 0.25) is 0 Å². The van der Waals surface area contributed by atoms with E-state index < -0.39 is 16.7 Å². The van der Waals surface area contributed by atoms with Crippen molar-refractivity contribution in [1.29, 1.82) is 0 Å². The number of ketones is 1. The van der Waals surface area contributed by atoms with Gasteiger partial charge in [0.15, 0.2) is 0 Å². The number of Topliss-reactive ketones (excluding diaryl/α,β-unsaturated/α-hetero) is 1. The molecule has 0 atom stereocenters. The first-order chi connectivity index (χ1) is 8.06. The van der Waals surface area contributed by atoms with Crippen LogP contribution in [-0.2, 0) is 9.53 Å². The summed E-state index contributed by atoms with van der Waals surface area (Å²) in [6.45, 7) is -0.0823. The molecule has 0 amide bonds. The number of rotatable bonds is 5. The molecule has 0 saturated carbocycles. The second-order valence-corrected chi connectivity index (χ2v) is 3.34. The third-order valence-electron chi connectivity index (χ3n) is 1.81. The van der Waals surface area contributed by atoms with Crippen molar-refractivity contribution in [2.75, 3.05) is 12.5 Å². The van der Waals surface area contributed by atoms with E-state index >= 15 is 0 Å². The van der Waals surface area contributed by atoms with Gasteiger partial charge in [-0.2, -0.15) is 0 Å². The number of ether oxygens (including phenoxy) is 1. The Kier molecular flexibility index (Phi) is 4.59. The van der Waals surface area contributed by atoms with Gasteiger partial charge in [0.25, 0.3) is 11.5 Å². The fraction of sp³-hybridized carbons (Fsp3) is 0.200. The average Bonchev–Trinajstić information content (AvgIpc) is 2.35. The number of hydrogen-bond acceptors (Lipinski definition) is 5. The van der Waals surface area contributed by atoms with Gasteiger partial charge in [-0.05, 0) is 0 Å². The molecule has 0 aliphatic heterocycles. The molecule has 0 heterocycles. The summed E-state index contributed by atoms with van der Waals surface area (Å²) in [5.74, 6) is -1.93. The topological polar surface area (TPSA) is 86.5 Å². The number of alkyl halides is 1. The number of carbonyl (C=O) groups is 2. The number of hydrogen-bond donors (Lipinski definition) is 0. The molecular weight excluding hydrogens is 250 g/mol. The summed E-state index contributed by atoms with van der Waals surface area (Å²) in [4.78, 5) is 32.5. The Balaban J connectivity index is 2.85. The van der Waals surface area contributed by atoms with E-state index in [0.29, 0.717) is 0 Å². The Bertz CT molecular complexity index is 460. The number of nitro groups is 1. The number of esters is 1. The highest BCUT2D eigenvalue weighted by atomic mass is 35.5. The Morgan fingerprint density at radius 2 is 2.12 bits per heavy atom. The fourth-order valence-electron chi connectivity index (χ4n) is 1.08. The Hall–Kier alpha value is -1.95. The van der Waals surface area contributed by atoms with E-state index in [-0.39, 0.29) is 23.7 Å². The highest BCUT2D eigenvalue weighted by Crippen LogP contribution is 2.13. The van der Waals surface area contributed by atoms with E-state index in [1.165, 1.54) is 18.2 Å². The summed E-state index contributed by atoms with van der Waals surface area (Å²) in [6, 6.07) is 4.86. The lowest BCUT2D eigenvalue weighted by Gasteiger charge is -2.01. The Morgan fingerprint density at radius 3 is 2.71 bits per heavy atom. The molecule has 1 rings (SSSR count). The zero-order valence-electron chi connectivity index (χ0n) is 8.59. The van der Waals surface area contributed by atoms with Crippen LogP contribution in [0.1, 0.15) is 10.4 Å². The summed E-state index contributed by atoms with van der Waals surface area (Å²) in [5, 5.41) is 10.5. The first kappa shape index (κ1) is 13.1. The van der Waals surface area contributed by atoms with Gasteiger partial charge in [-0.3, -0.25) is 14.9 Å². The van der Waals surface area contributed by atoms with Gasteiger partial charge in [0.1, 0.15) is 6.61 Å². The standard InChI is InChI=1S/C10H8ClNO5/c11-4-5-17-10(14)9(13)7-2-1-3-8(6-7)12(15)16/h1-3,6H,4-5H2. The van der Waals surface area contributed by atoms with Crippen LogP contribution >= 0.6 is 11.6 Å². The lowest BCUT2D eigenvalue weighted by Crippen LogP contribution is -2.18. The summed E-state index contributed by atoms with van der Waals surface area (Å²) in [6.07, 6.45) is 0. The SMILES string of the molecule is O=C(OCCCl)C(=O)c1cccc([N+](=O)[O-])c1. The van der Waals surface area contributed by atoms with E-state index in [2.05, 4.69) is 4.74 Å². The lowest BCUT2D eigenvalue weighted by molar-refractivity contribution is -0.384. The lowest BCUT2D eigenvalue weighted by atomic mass is 10.1. The summed E-state index contributed by atoms with van der Waals surface area (Å²) in [5.41, 5.74) is -0.347. The Labute approximate surface area is 101 Å². The quantitative estimate of drug-likeness (QED) is 0.199. The molecule has 0 bridgehead atoms. The number of nitrogens with zero attached hydrogens (tertiary/aromatic N) is 1. The van der Waals surface area contributed by atoms with Crippen molar-refractivity contribution in [2.45, 2.75) is 0 Å². The predicted molar refractivity (Wildman–Crippen MR) is 59.1 cm³/mol. The van der Waals surface area contributed by atoms with E-state index in [9.17, 15) is 19.7 Å². The molecule has 7 heteroatoms. The van der Waals surface area contributed by atoms with Crippen LogP contribution in [0.15, 0.2) is 24.3 Å². The minimum absolute atomic E-state index is 0.0773. The highest BCUT2D eigenvalue weighted by Gasteiger charge is 2.19. The van der Waals surface area contributed by atoms with Crippen LogP contribution in [0.5, 0.6) is 0 Å². The van der Waals surface area contributed by atoms with Gasteiger partial charge in [0, 0.05) is 17.7 Å². The smallest absolute Gasteiger partial charge is 0.379 e. The second kappa shape index (κ2) is 5.95. The van der Waals surface area contributed by atoms with Crippen LogP contribution < -0.4 is 0 Å². The minimum atomic E-state index is -1.08. The number of halogens is 1. The van der Waals surface area contributed by atoms with E-state index in [0.717, 1.165) is 6.07 Å². The van der Waals surface area contributed by atoms with Crippen molar-refractivity contribution >= 4 is 29.0 Å². The average molecular weight is 258 g/mol. The van der Waals surface area contributed by atoms with Gasteiger partial charge in [-0.1, -0.05) is 12.1 Å². The molecule has 0 spiro atoms. The van der Waals surface area contributed by atoms with Crippen LogP contribution in [0.3, 0.4) is 0 Å². The summed E-state index contributed by atoms with van der Waals surface area (Å²) < 4.78 is 4.52. The maximum absolute atomic E-state index is 11.5. The molecule has 1 aromatic carbocycles. The van der Waals surface area contributed by atoms with Gasteiger partial charge in [-0.25, -0.2) is 4.79 Å². The molecule has 0 aliphatic rings. The van der Waals surface area contributed by atoms with Crippen molar-refractivity contribution in [3.8, 4) is 0 Å². The maximum atomic E-state index is 11.5. The van der Waals surface area contributed by atoms with Crippen molar-refractivity contribution < 1.29 is 19.2 Å². The number of benzene rings is 1. The first-order valence-corrected chi connectivity index (χ1v) is 5.11. The largest absolute Gasteiger partial charge is 0.458 e. The van der Waals surface area contributed by atoms with Crippen LogP contribution in [0.4, 0.5) is 5.69 Å². The van der Waals surface area contributed by atoms with Crippen molar-refractivity contribution in [2.24, 2.45) is 0 Å². The van der Waals surface area contributed by atoms with Gasteiger partial charge in [0.2, 0.25) is 0 Å². The zero-order chi connectivity index (χ0) is 12.8. The van der Waals surface area contributed by atoms with Gasteiger partial charge < -0.3 is 4.74 Å². The third kappa shape index (κ3) is 3.53. The highest BCUT2D eigenvalue weighted by molar-refractivity contribution is 6.40. The minimum Gasteiger partial charge on any atom is -0.458 e. The monoisotopic (exact) mass is 257 g/mol.